The normalized spacial score (nSPS) is 12.9. The zero-order valence-corrected chi connectivity index (χ0v) is 13.0. The fourth-order valence-corrected chi connectivity index (χ4v) is 2.40. The van der Waals surface area contributed by atoms with Gasteiger partial charge in [-0.2, -0.15) is 4.98 Å². The Morgan fingerprint density at radius 3 is 2.67 bits per heavy atom. The molecule has 0 saturated heterocycles. The number of hydrogen-bond acceptors (Lipinski definition) is 4. The summed E-state index contributed by atoms with van der Waals surface area (Å²) in [4.78, 5) is 4.37. The van der Waals surface area contributed by atoms with Crippen LogP contribution in [0.5, 0.6) is 0 Å². The van der Waals surface area contributed by atoms with Crippen molar-refractivity contribution in [3.8, 4) is 11.4 Å². The van der Waals surface area contributed by atoms with Crippen LogP contribution in [0.25, 0.3) is 11.4 Å². The lowest BCUT2D eigenvalue weighted by atomic mass is 10.0. The molecule has 1 aromatic heterocycles. The predicted octanol–water partition coefficient (Wildman–Crippen LogP) is 3.36. The Morgan fingerprint density at radius 2 is 2.05 bits per heavy atom. The molecule has 1 atom stereocenters. The molecule has 1 aromatic carbocycles. The van der Waals surface area contributed by atoms with Crippen molar-refractivity contribution in [3.63, 3.8) is 0 Å². The highest BCUT2D eigenvalue weighted by molar-refractivity contribution is 5.55. The zero-order valence-electron chi connectivity index (χ0n) is 13.0. The van der Waals surface area contributed by atoms with E-state index < -0.39 is 0 Å². The quantitative estimate of drug-likeness (QED) is 0.886. The summed E-state index contributed by atoms with van der Waals surface area (Å²) >= 11 is 0. The molecule has 0 aliphatic heterocycles. The lowest BCUT2D eigenvalue weighted by Gasteiger charge is -2.15. The molecule has 0 radical (unpaired) electrons. The van der Waals surface area contributed by atoms with Gasteiger partial charge in [0.25, 0.3) is 0 Å². The molecule has 21 heavy (non-hydrogen) atoms. The number of halogens is 1. The number of likely N-dealkylation sites (N-methyl/N-ethyl adjacent to an activating group) is 1. The van der Waals surface area contributed by atoms with E-state index in [0.29, 0.717) is 35.7 Å². The van der Waals surface area contributed by atoms with Crippen LogP contribution in [0.4, 0.5) is 4.39 Å². The maximum atomic E-state index is 13.4. The van der Waals surface area contributed by atoms with E-state index in [2.05, 4.69) is 29.3 Å². The molecule has 1 unspecified atom stereocenters. The summed E-state index contributed by atoms with van der Waals surface area (Å²) in [6, 6.07) is 5.05. The second kappa shape index (κ2) is 6.80. The Labute approximate surface area is 124 Å². The van der Waals surface area contributed by atoms with Crippen molar-refractivity contribution in [1.82, 2.24) is 15.5 Å². The average molecular weight is 291 g/mol. The van der Waals surface area contributed by atoms with Crippen molar-refractivity contribution in [2.45, 2.75) is 39.7 Å². The molecule has 5 heteroatoms. The van der Waals surface area contributed by atoms with E-state index >= 15 is 0 Å². The molecule has 2 rings (SSSR count). The maximum Gasteiger partial charge on any atom is 0.228 e. The van der Waals surface area contributed by atoms with Gasteiger partial charge in [0.2, 0.25) is 11.7 Å². The highest BCUT2D eigenvalue weighted by Gasteiger charge is 2.15. The van der Waals surface area contributed by atoms with Gasteiger partial charge in [0.1, 0.15) is 5.82 Å². The number of aryl methyl sites for hydroxylation is 1. The average Bonchev–Trinajstić information content (AvgIpc) is 2.84. The first-order valence-electron chi connectivity index (χ1n) is 7.25. The topological polar surface area (TPSA) is 51.0 Å². The van der Waals surface area contributed by atoms with Gasteiger partial charge in [0.05, 0.1) is 0 Å². The van der Waals surface area contributed by atoms with Crippen LogP contribution in [0.3, 0.4) is 0 Å². The summed E-state index contributed by atoms with van der Waals surface area (Å²) in [6.45, 7) is 6.20. The van der Waals surface area contributed by atoms with Crippen molar-refractivity contribution in [2.75, 3.05) is 7.05 Å². The van der Waals surface area contributed by atoms with Gasteiger partial charge in [0.15, 0.2) is 0 Å². The third-order valence-electron chi connectivity index (χ3n) is 3.35. The van der Waals surface area contributed by atoms with E-state index in [9.17, 15) is 4.39 Å². The first-order chi connectivity index (χ1) is 9.97. The van der Waals surface area contributed by atoms with E-state index in [4.69, 9.17) is 4.52 Å². The van der Waals surface area contributed by atoms with Gasteiger partial charge in [-0.1, -0.05) is 19.0 Å². The van der Waals surface area contributed by atoms with Crippen LogP contribution < -0.4 is 5.32 Å². The number of nitrogens with one attached hydrogen (secondary N) is 1. The molecule has 2 aromatic rings. The molecule has 1 heterocycles. The highest BCUT2D eigenvalue weighted by Crippen LogP contribution is 2.20. The lowest BCUT2D eigenvalue weighted by Crippen LogP contribution is -2.29. The largest absolute Gasteiger partial charge is 0.339 e. The van der Waals surface area contributed by atoms with Crippen molar-refractivity contribution in [1.29, 1.82) is 0 Å². The summed E-state index contributed by atoms with van der Waals surface area (Å²) in [5, 5.41) is 7.22. The third kappa shape index (κ3) is 4.36. The summed E-state index contributed by atoms with van der Waals surface area (Å²) in [6.07, 6.45) is 1.71. The molecule has 0 bridgehead atoms. The van der Waals surface area contributed by atoms with Crippen LogP contribution >= 0.6 is 0 Å². The number of aromatic nitrogens is 2. The minimum atomic E-state index is -0.288. The minimum Gasteiger partial charge on any atom is -0.339 e. The Kier molecular flexibility index (Phi) is 5.07. The lowest BCUT2D eigenvalue weighted by molar-refractivity contribution is 0.345. The molecule has 4 nitrogen and oxygen atoms in total. The molecular formula is C16H22FN3O. The van der Waals surface area contributed by atoms with Gasteiger partial charge in [0, 0.05) is 18.0 Å². The molecule has 0 spiro atoms. The van der Waals surface area contributed by atoms with Gasteiger partial charge in [-0.15, -0.1) is 0 Å². The number of benzene rings is 1. The summed E-state index contributed by atoms with van der Waals surface area (Å²) < 4.78 is 18.7. The standard InChI is InChI=1S/C16H22FN3O/c1-10(2)5-14(18-4)9-15-19-16(20-21-15)12-6-11(3)7-13(17)8-12/h6-8,10,14,18H,5,9H2,1-4H3. The van der Waals surface area contributed by atoms with Crippen LogP contribution in [-0.2, 0) is 6.42 Å². The van der Waals surface area contributed by atoms with Gasteiger partial charge in [-0.05, 0) is 50.1 Å². The second-order valence-corrected chi connectivity index (χ2v) is 5.85. The molecule has 1 N–H and O–H groups in total. The highest BCUT2D eigenvalue weighted by atomic mass is 19.1. The number of hydrogen-bond donors (Lipinski definition) is 1. The molecule has 0 amide bonds. The van der Waals surface area contributed by atoms with Crippen LogP contribution in [-0.4, -0.2) is 23.2 Å². The van der Waals surface area contributed by atoms with Crippen LogP contribution in [0, 0.1) is 18.7 Å². The maximum absolute atomic E-state index is 13.4. The molecule has 0 aliphatic carbocycles. The fraction of sp³-hybridized carbons (Fsp3) is 0.500. The summed E-state index contributed by atoms with van der Waals surface area (Å²) in [7, 11) is 1.93. The Balaban J connectivity index is 2.13. The van der Waals surface area contributed by atoms with Gasteiger partial charge < -0.3 is 9.84 Å². The third-order valence-corrected chi connectivity index (χ3v) is 3.35. The Hall–Kier alpha value is -1.75. The van der Waals surface area contributed by atoms with Crippen LogP contribution in [0.2, 0.25) is 0 Å². The summed E-state index contributed by atoms with van der Waals surface area (Å²) in [5.74, 6) is 1.32. The van der Waals surface area contributed by atoms with Crippen molar-refractivity contribution in [2.24, 2.45) is 5.92 Å². The minimum absolute atomic E-state index is 0.288. The first-order valence-corrected chi connectivity index (χ1v) is 7.25. The Morgan fingerprint density at radius 1 is 1.29 bits per heavy atom. The fourth-order valence-electron chi connectivity index (χ4n) is 2.40. The van der Waals surface area contributed by atoms with Gasteiger partial charge in [-0.3, -0.25) is 0 Å². The number of rotatable bonds is 6. The number of nitrogens with zero attached hydrogens (tertiary/aromatic N) is 2. The van der Waals surface area contributed by atoms with Crippen molar-refractivity contribution < 1.29 is 8.91 Å². The Bertz CT molecular complexity index is 575. The second-order valence-electron chi connectivity index (χ2n) is 5.85. The first kappa shape index (κ1) is 15.6. The monoisotopic (exact) mass is 291 g/mol. The zero-order chi connectivity index (χ0) is 15.4. The van der Waals surface area contributed by atoms with E-state index in [1.165, 1.54) is 12.1 Å². The van der Waals surface area contributed by atoms with E-state index in [1.54, 1.807) is 0 Å². The SMILES string of the molecule is CNC(Cc1nc(-c2cc(C)cc(F)c2)no1)CC(C)C. The van der Waals surface area contributed by atoms with Crippen LogP contribution in [0.15, 0.2) is 22.7 Å². The molecule has 0 fully saturated rings. The van der Waals surface area contributed by atoms with Gasteiger partial charge in [-0.25, -0.2) is 4.39 Å². The van der Waals surface area contributed by atoms with Crippen LogP contribution in [0.1, 0.15) is 31.7 Å². The molecular weight excluding hydrogens is 269 g/mol. The molecule has 114 valence electrons. The van der Waals surface area contributed by atoms with Gasteiger partial charge >= 0.3 is 0 Å². The predicted molar refractivity (Wildman–Crippen MR) is 80.4 cm³/mol. The van der Waals surface area contributed by atoms with E-state index in [0.717, 1.165) is 12.0 Å². The smallest absolute Gasteiger partial charge is 0.228 e. The molecule has 0 aliphatic rings. The van der Waals surface area contributed by atoms with E-state index in [-0.39, 0.29) is 5.82 Å². The van der Waals surface area contributed by atoms with Crippen molar-refractivity contribution in [3.05, 3.63) is 35.5 Å². The van der Waals surface area contributed by atoms with Crippen molar-refractivity contribution >= 4 is 0 Å². The van der Waals surface area contributed by atoms with E-state index in [1.807, 2.05) is 20.0 Å². The summed E-state index contributed by atoms with van der Waals surface area (Å²) in [5.41, 5.74) is 1.48. The molecule has 0 saturated carbocycles.